The van der Waals surface area contributed by atoms with Crippen LogP contribution in [0.1, 0.15) is 11.1 Å². The Labute approximate surface area is 163 Å². The largest absolute Gasteiger partial charge is 0.496 e. The second-order valence-corrected chi connectivity index (χ2v) is 8.16. The standard InChI is InChI=1S/C18H20ClN3O4S/c1-13-10-15(8-9-17(13)26-3)27(24,25)22(2)12-18(23)21-20-11-14-6-4-5-7-16(14)19/h4-11H,12H2,1-3H3,(H,21,23)/b20-11-. The molecule has 0 fully saturated rings. The second kappa shape index (κ2) is 8.98. The number of likely N-dealkylation sites (N-methyl/N-ethyl adjacent to an activating group) is 1. The van der Waals surface area contributed by atoms with E-state index in [9.17, 15) is 13.2 Å². The third-order valence-electron chi connectivity index (χ3n) is 3.74. The minimum Gasteiger partial charge on any atom is -0.496 e. The maximum Gasteiger partial charge on any atom is 0.255 e. The predicted octanol–water partition coefficient (Wildman–Crippen LogP) is 2.43. The molecule has 0 aromatic heterocycles. The lowest BCUT2D eigenvalue weighted by molar-refractivity contribution is -0.121. The molecule has 2 aromatic rings. The Bertz CT molecular complexity index is 961. The second-order valence-electron chi connectivity index (χ2n) is 5.71. The van der Waals surface area contributed by atoms with Gasteiger partial charge in [-0.25, -0.2) is 13.8 Å². The van der Waals surface area contributed by atoms with Crippen molar-refractivity contribution in [3.05, 3.63) is 58.6 Å². The molecule has 144 valence electrons. The van der Waals surface area contributed by atoms with Gasteiger partial charge in [-0.2, -0.15) is 9.41 Å². The van der Waals surface area contributed by atoms with Gasteiger partial charge >= 0.3 is 0 Å². The summed E-state index contributed by atoms with van der Waals surface area (Å²) < 4.78 is 31.3. The lowest BCUT2D eigenvalue weighted by Crippen LogP contribution is -2.36. The molecule has 0 unspecified atom stereocenters. The molecular weight excluding hydrogens is 390 g/mol. The van der Waals surface area contributed by atoms with E-state index >= 15 is 0 Å². The molecule has 2 aromatic carbocycles. The van der Waals surface area contributed by atoms with Gasteiger partial charge in [-0.05, 0) is 36.8 Å². The quantitative estimate of drug-likeness (QED) is 0.562. The van der Waals surface area contributed by atoms with Crippen molar-refractivity contribution in [1.82, 2.24) is 9.73 Å². The van der Waals surface area contributed by atoms with Crippen LogP contribution in [0.4, 0.5) is 0 Å². The zero-order valence-corrected chi connectivity index (χ0v) is 16.7. The van der Waals surface area contributed by atoms with Gasteiger partial charge in [0, 0.05) is 17.6 Å². The summed E-state index contributed by atoms with van der Waals surface area (Å²) in [6.07, 6.45) is 1.39. The summed E-state index contributed by atoms with van der Waals surface area (Å²) in [6, 6.07) is 11.5. The van der Waals surface area contributed by atoms with Crippen molar-refractivity contribution in [3.63, 3.8) is 0 Å². The van der Waals surface area contributed by atoms with Crippen molar-refractivity contribution in [1.29, 1.82) is 0 Å². The van der Waals surface area contributed by atoms with Crippen molar-refractivity contribution in [3.8, 4) is 5.75 Å². The van der Waals surface area contributed by atoms with Crippen LogP contribution in [0.15, 0.2) is 52.5 Å². The number of ether oxygens (including phenoxy) is 1. The summed E-state index contributed by atoms with van der Waals surface area (Å²) in [4.78, 5) is 12.1. The number of aryl methyl sites for hydroxylation is 1. The fraction of sp³-hybridized carbons (Fsp3) is 0.222. The third kappa shape index (κ3) is 5.29. The summed E-state index contributed by atoms with van der Waals surface area (Å²) >= 11 is 5.99. The van der Waals surface area contributed by atoms with Crippen LogP contribution in [0, 0.1) is 6.92 Å². The van der Waals surface area contributed by atoms with Crippen LogP contribution in [0.3, 0.4) is 0 Å². The number of nitrogens with one attached hydrogen (secondary N) is 1. The number of hydrogen-bond donors (Lipinski definition) is 1. The Morgan fingerprint density at radius 3 is 2.63 bits per heavy atom. The highest BCUT2D eigenvalue weighted by molar-refractivity contribution is 7.89. The van der Waals surface area contributed by atoms with E-state index in [2.05, 4.69) is 10.5 Å². The average Bonchev–Trinajstić information content (AvgIpc) is 2.63. The molecule has 0 saturated heterocycles. The zero-order valence-electron chi connectivity index (χ0n) is 15.1. The van der Waals surface area contributed by atoms with Gasteiger partial charge in [0.05, 0.1) is 24.8 Å². The number of nitrogens with zero attached hydrogens (tertiary/aromatic N) is 2. The number of carbonyl (C=O) groups is 1. The number of sulfonamides is 1. The molecule has 0 aliphatic rings. The fourth-order valence-electron chi connectivity index (χ4n) is 2.27. The lowest BCUT2D eigenvalue weighted by atomic mass is 10.2. The van der Waals surface area contributed by atoms with Crippen LogP contribution in [-0.2, 0) is 14.8 Å². The molecule has 0 radical (unpaired) electrons. The minimum atomic E-state index is -3.82. The molecule has 1 N–H and O–H groups in total. The van der Waals surface area contributed by atoms with Gasteiger partial charge in [0.15, 0.2) is 0 Å². The molecule has 2 rings (SSSR count). The van der Waals surface area contributed by atoms with Crippen LogP contribution >= 0.6 is 11.6 Å². The molecule has 0 aliphatic heterocycles. The van der Waals surface area contributed by atoms with E-state index in [0.29, 0.717) is 21.9 Å². The van der Waals surface area contributed by atoms with E-state index in [1.807, 2.05) is 0 Å². The average molecular weight is 410 g/mol. The van der Waals surface area contributed by atoms with Crippen molar-refractivity contribution in [2.75, 3.05) is 20.7 Å². The smallest absolute Gasteiger partial charge is 0.255 e. The Hall–Kier alpha value is -2.42. The van der Waals surface area contributed by atoms with E-state index in [-0.39, 0.29) is 11.4 Å². The summed E-state index contributed by atoms with van der Waals surface area (Å²) in [6.45, 7) is 1.36. The Morgan fingerprint density at radius 1 is 1.30 bits per heavy atom. The maximum absolute atomic E-state index is 12.6. The number of amides is 1. The zero-order chi connectivity index (χ0) is 20.0. The number of halogens is 1. The first-order chi connectivity index (χ1) is 12.8. The molecule has 0 saturated carbocycles. The maximum atomic E-state index is 12.6. The molecule has 0 bridgehead atoms. The number of carbonyl (C=O) groups excluding carboxylic acids is 1. The number of hydrogen-bond acceptors (Lipinski definition) is 5. The monoisotopic (exact) mass is 409 g/mol. The Kier molecular flexibility index (Phi) is 6.95. The number of benzene rings is 2. The van der Waals surface area contributed by atoms with Gasteiger partial charge in [0.1, 0.15) is 5.75 Å². The highest BCUT2D eigenvalue weighted by Gasteiger charge is 2.23. The van der Waals surface area contributed by atoms with E-state index in [0.717, 1.165) is 4.31 Å². The van der Waals surface area contributed by atoms with Gasteiger partial charge in [-0.1, -0.05) is 29.8 Å². The molecule has 1 amide bonds. The van der Waals surface area contributed by atoms with Gasteiger partial charge in [-0.3, -0.25) is 4.79 Å². The Morgan fingerprint density at radius 2 is 2.00 bits per heavy atom. The SMILES string of the molecule is COc1ccc(S(=O)(=O)N(C)CC(=O)N/N=C\c2ccccc2Cl)cc1C. The summed E-state index contributed by atoms with van der Waals surface area (Å²) in [5, 5.41) is 4.29. The summed E-state index contributed by atoms with van der Waals surface area (Å²) in [5.41, 5.74) is 3.60. The van der Waals surface area contributed by atoms with Gasteiger partial charge < -0.3 is 4.74 Å². The molecule has 0 spiro atoms. The first-order valence-electron chi connectivity index (χ1n) is 7.93. The highest BCUT2D eigenvalue weighted by atomic mass is 35.5. The van der Waals surface area contributed by atoms with E-state index < -0.39 is 15.9 Å². The van der Waals surface area contributed by atoms with Crippen LogP contribution in [0.5, 0.6) is 5.75 Å². The molecule has 9 heteroatoms. The number of rotatable bonds is 7. The molecule has 7 nitrogen and oxygen atoms in total. The highest BCUT2D eigenvalue weighted by Crippen LogP contribution is 2.23. The minimum absolute atomic E-state index is 0.0793. The molecule has 0 atom stereocenters. The van der Waals surface area contributed by atoms with Crippen molar-refractivity contribution in [2.24, 2.45) is 5.10 Å². The van der Waals surface area contributed by atoms with E-state index in [1.165, 1.54) is 32.5 Å². The first kappa shape index (κ1) is 20.9. The van der Waals surface area contributed by atoms with Crippen LogP contribution in [0.2, 0.25) is 5.02 Å². The lowest BCUT2D eigenvalue weighted by Gasteiger charge is -2.17. The van der Waals surface area contributed by atoms with Crippen molar-refractivity contribution >= 4 is 33.7 Å². The van der Waals surface area contributed by atoms with E-state index in [4.69, 9.17) is 16.3 Å². The summed E-state index contributed by atoms with van der Waals surface area (Å²) in [5.74, 6) is 0.0119. The molecular formula is C18H20ClN3O4S. The Balaban J connectivity index is 2.02. The predicted molar refractivity (Wildman–Crippen MR) is 105 cm³/mol. The van der Waals surface area contributed by atoms with Gasteiger partial charge in [-0.15, -0.1) is 0 Å². The van der Waals surface area contributed by atoms with Crippen LogP contribution in [-0.4, -0.2) is 45.5 Å². The number of hydrazone groups is 1. The van der Waals surface area contributed by atoms with Gasteiger partial charge in [0.25, 0.3) is 5.91 Å². The molecule has 0 aliphatic carbocycles. The normalized spacial score (nSPS) is 11.7. The third-order valence-corrected chi connectivity index (χ3v) is 5.88. The van der Waals surface area contributed by atoms with Gasteiger partial charge in [0.2, 0.25) is 10.0 Å². The topological polar surface area (TPSA) is 88.1 Å². The first-order valence-corrected chi connectivity index (χ1v) is 9.75. The summed E-state index contributed by atoms with van der Waals surface area (Å²) in [7, 11) is -0.986. The molecule has 0 heterocycles. The molecule has 27 heavy (non-hydrogen) atoms. The van der Waals surface area contributed by atoms with Crippen molar-refractivity contribution in [2.45, 2.75) is 11.8 Å². The van der Waals surface area contributed by atoms with E-state index in [1.54, 1.807) is 37.3 Å². The van der Waals surface area contributed by atoms with Crippen molar-refractivity contribution < 1.29 is 17.9 Å². The number of methoxy groups -OCH3 is 1. The van der Waals surface area contributed by atoms with Crippen LogP contribution < -0.4 is 10.2 Å². The fourth-order valence-corrected chi connectivity index (χ4v) is 3.66. The van der Waals surface area contributed by atoms with Crippen LogP contribution in [0.25, 0.3) is 0 Å².